The number of hydrogen-bond acceptors (Lipinski definition) is 4. The van der Waals surface area contributed by atoms with E-state index < -0.39 is 0 Å². The molecule has 0 aliphatic carbocycles. The van der Waals surface area contributed by atoms with Crippen molar-refractivity contribution in [2.24, 2.45) is 5.92 Å². The molecule has 5 nitrogen and oxygen atoms in total. The molecule has 3 aromatic carbocycles. The zero-order chi connectivity index (χ0) is 23.2. The van der Waals surface area contributed by atoms with Gasteiger partial charge in [0.05, 0.1) is 20.1 Å². The quantitative estimate of drug-likeness (QED) is 0.542. The Morgan fingerprint density at radius 3 is 2.27 bits per heavy atom. The molecule has 4 rings (SSSR count). The Morgan fingerprint density at radius 1 is 0.970 bits per heavy atom. The molecule has 1 amide bonds. The molecule has 0 bridgehead atoms. The molecule has 172 valence electrons. The largest absolute Gasteiger partial charge is 0.497 e. The molecule has 0 radical (unpaired) electrons. The maximum Gasteiger partial charge on any atom is 0.224 e. The third-order valence-corrected chi connectivity index (χ3v) is 6.14. The van der Waals surface area contributed by atoms with Gasteiger partial charge in [-0.15, -0.1) is 0 Å². The van der Waals surface area contributed by atoms with Crippen molar-refractivity contribution in [2.75, 3.05) is 20.8 Å². The second-order valence-electron chi connectivity index (χ2n) is 8.35. The topological polar surface area (TPSA) is 50.8 Å². The van der Waals surface area contributed by atoms with Gasteiger partial charge < -0.3 is 14.8 Å². The molecule has 6 heteroatoms. The molecule has 0 unspecified atom stereocenters. The molecule has 1 heterocycles. The Kier molecular flexibility index (Phi) is 7.25. The lowest BCUT2D eigenvalue weighted by Crippen LogP contribution is -2.32. The molecule has 1 N–H and O–H groups in total. The number of rotatable bonds is 8. The summed E-state index contributed by atoms with van der Waals surface area (Å²) in [5.41, 5.74) is 3.13. The summed E-state index contributed by atoms with van der Waals surface area (Å²) in [4.78, 5) is 15.4. The fourth-order valence-corrected chi connectivity index (χ4v) is 4.42. The van der Waals surface area contributed by atoms with Crippen LogP contribution in [0.15, 0.2) is 72.8 Å². The second-order valence-corrected chi connectivity index (χ2v) is 8.35. The van der Waals surface area contributed by atoms with Crippen molar-refractivity contribution < 1.29 is 18.7 Å². The predicted octanol–water partition coefficient (Wildman–Crippen LogP) is 4.72. The van der Waals surface area contributed by atoms with E-state index in [2.05, 4.69) is 22.3 Å². The maximum atomic E-state index is 13.5. The lowest BCUT2D eigenvalue weighted by molar-refractivity contribution is -0.124. The van der Waals surface area contributed by atoms with Crippen LogP contribution in [0.2, 0.25) is 0 Å². The monoisotopic (exact) mass is 448 g/mol. The van der Waals surface area contributed by atoms with Gasteiger partial charge in [-0.05, 0) is 47.4 Å². The summed E-state index contributed by atoms with van der Waals surface area (Å²) in [6, 6.07) is 22.5. The first-order valence-electron chi connectivity index (χ1n) is 11.1. The average molecular weight is 449 g/mol. The molecule has 33 heavy (non-hydrogen) atoms. The van der Waals surface area contributed by atoms with Crippen molar-refractivity contribution >= 4 is 5.91 Å². The number of carbonyl (C=O) groups is 1. The zero-order valence-corrected chi connectivity index (χ0v) is 19.0. The molecular formula is C27H29FN2O3. The van der Waals surface area contributed by atoms with Crippen LogP contribution >= 0.6 is 0 Å². The van der Waals surface area contributed by atoms with Crippen molar-refractivity contribution in [3.8, 4) is 11.5 Å². The van der Waals surface area contributed by atoms with Gasteiger partial charge in [0.15, 0.2) is 0 Å². The Hall–Kier alpha value is -3.38. The fourth-order valence-electron chi connectivity index (χ4n) is 4.42. The van der Waals surface area contributed by atoms with E-state index >= 15 is 0 Å². The summed E-state index contributed by atoms with van der Waals surface area (Å²) in [6.45, 7) is 1.77. The summed E-state index contributed by atoms with van der Waals surface area (Å²) in [7, 11) is 3.21. The number of carbonyl (C=O) groups excluding carboxylic acids is 1. The van der Waals surface area contributed by atoms with Crippen LogP contribution in [0.4, 0.5) is 4.39 Å². The number of ether oxygens (including phenoxy) is 2. The van der Waals surface area contributed by atoms with E-state index in [1.54, 1.807) is 20.3 Å². The SMILES string of the molecule is COc1cc(CNC(=O)[C@@H]2C[C@@H](c3ccc(F)cc3)N(Cc3ccccc3)C2)cc(OC)c1. The minimum absolute atomic E-state index is 0.0134. The third kappa shape index (κ3) is 5.71. The molecule has 1 aliphatic heterocycles. The standard InChI is InChI=1S/C27H29FN2O3/c1-32-24-12-20(13-25(15-24)33-2)16-29-27(31)22-14-26(21-8-10-23(28)11-9-21)30(18-22)17-19-6-4-3-5-7-19/h3-13,15,22,26H,14,16-18H2,1-2H3,(H,29,31)/t22-,26+/m1/s1. The first-order chi connectivity index (χ1) is 16.1. The van der Waals surface area contributed by atoms with Gasteiger partial charge in [-0.2, -0.15) is 0 Å². The normalized spacial score (nSPS) is 18.2. The van der Waals surface area contributed by atoms with Gasteiger partial charge in [0.1, 0.15) is 17.3 Å². The molecular weight excluding hydrogens is 419 g/mol. The number of hydrogen-bond donors (Lipinski definition) is 1. The van der Waals surface area contributed by atoms with Crippen LogP contribution in [0, 0.1) is 11.7 Å². The van der Waals surface area contributed by atoms with Gasteiger partial charge in [-0.3, -0.25) is 9.69 Å². The number of methoxy groups -OCH3 is 2. The Labute approximate surface area is 194 Å². The number of halogens is 1. The molecule has 2 atom stereocenters. The first-order valence-corrected chi connectivity index (χ1v) is 11.1. The molecule has 1 fully saturated rings. The molecule has 0 saturated carbocycles. The molecule has 0 aromatic heterocycles. The van der Waals surface area contributed by atoms with Crippen LogP contribution in [-0.2, 0) is 17.9 Å². The lowest BCUT2D eigenvalue weighted by atomic mass is 9.99. The van der Waals surface area contributed by atoms with Crippen molar-refractivity contribution in [1.82, 2.24) is 10.2 Å². The smallest absolute Gasteiger partial charge is 0.224 e. The van der Waals surface area contributed by atoms with Gasteiger partial charge in [-0.25, -0.2) is 4.39 Å². The van der Waals surface area contributed by atoms with Gasteiger partial charge >= 0.3 is 0 Å². The Morgan fingerprint density at radius 2 is 1.64 bits per heavy atom. The summed E-state index contributed by atoms with van der Waals surface area (Å²) < 4.78 is 24.1. The van der Waals surface area contributed by atoms with Crippen LogP contribution < -0.4 is 14.8 Å². The van der Waals surface area contributed by atoms with Gasteiger partial charge in [-0.1, -0.05) is 42.5 Å². The van der Waals surface area contributed by atoms with Crippen LogP contribution in [0.3, 0.4) is 0 Å². The summed E-state index contributed by atoms with van der Waals surface area (Å²) in [6.07, 6.45) is 0.686. The fraction of sp³-hybridized carbons (Fsp3) is 0.296. The predicted molar refractivity (Wildman–Crippen MR) is 125 cm³/mol. The number of likely N-dealkylation sites (tertiary alicyclic amines) is 1. The maximum absolute atomic E-state index is 13.5. The minimum atomic E-state index is -0.255. The van der Waals surface area contributed by atoms with E-state index in [1.807, 2.05) is 42.5 Å². The highest BCUT2D eigenvalue weighted by Crippen LogP contribution is 2.37. The average Bonchev–Trinajstić information content (AvgIpc) is 3.27. The summed E-state index contributed by atoms with van der Waals surface area (Å²) >= 11 is 0. The van der Waals surface area contributed by atoms with Crippen LogP contribution in [0.5, 0.6) is 11.5 Å². The summed E-state index contributed by atoms with van der Waals surface area (Å²) in [5, 5.41) is 3.07. The summed E-state index contributed by atoms with van der Waals surface area (Å²) in [5.74, 6) is 0.972. The molecule has 1 aliphatic rings. The number of benzene rings is 3. The van der Waals surface area contributed by atoms with E-state index in [1.165, 1.54) is 17.7 Å². The van der Waals surface area contributed by atoms with E-state index in [0.29, 0.717) is 31.0 Å². The Bertz CT molecular complexity index is 1050. The van der Waals surface area contributed by atoms with Crippen LogP contribution in [0.25, 0.3) is 0 Å². The van der Waals surface area contributed by atoms with Crippen molar-refractivity contribution in [3.63, 3.8) is 0 Å². The van der Waals surface area contributed by atoms with Crippen LogP contribution in [0.1, 0.15) is 29.2 Å². The van der Waals surface area contributed by atoms with E-state index in [9.17, 15) is 9.18 Å². The van der Waals surface area contributed by atoms with E-state index in [4.69, 9.17) is 9.47 Å². The second kappa shape index (κ2) is 10.5. The van der Waals surface area contributed by atoms with E-state index in [0.717, 1.165) is 17.7 Å². The highest BCUT2D eigenvalue weighted by atomic mass is 19.1. The number of amides is 1. The Balaban J connectivity index is 1.47. The highest BCUT2D eigenvalue weighted by molar-refractivity contribution is 5.79. The van der Waals surface area contributed by atoms with Crippen molar-refractivity contribution in [3.05, 3.63) is 95.3 Å². The number of nitrogens with zero attached hydrogens (tertiary/aromatic N) is 1. The van der Waals surface area contributed by atoms with Gasteiger partial charge in [0.2, 0.25) is 5.91 Å². The lowest BCUT2D eigenvalue weighted by Gasteiger charge is -2.24. The van der Waals surface area contributed by atoms with E-state index in [-0.39, 0.29) is 23.7 Å². The molecule has 1 saturated heterocycles. The van der Waals surface area contributed by atoms with Crippen LogP contribution in [-0.4, -0.2) is 31.6 Å². The van der Waals surface area contributed by atoms with Gasteiger partial charge in [0.25, 0.3) is 0 Å². The molecule has 0 spiro atoms. The zero-order valence-electron chi connectivity index (χ0n) is 19.0. The third-order valence-electron chi connectivity index (χ3n) is 6.14. The molecule has 3 aromatic rings. The van der Waals surface area contributed by atoms with Crippen molar-refractivity contribution in [1.29, 1.82) is 0 Å². The van der Waals surface area contributed by atoms with Crippen molar-refractivity contribution in [2.45, 2.75) is 25.6 Å². The first kappa shape index (κ1) is 22.8. The number of nitrogens with one attached hydrogen (secondary N) is 1. The minimum Gasteiger partial charge on any atom is -0.497 e. The van der Waals surface area contributed by atoms with Gasteiger partial charge in [0, 0.05) is 31.7 Å². The highest BCUT2D eigenvalue weighted by Gasteiger charge is 2.36.